The third kappa shape index (κ3) is 3.11. The van der Waals surface area contributed by atoms with Crippen LogP contribution in [0.3, 0.4) is 0 Å². The summed E-state index contributed by atoms with van der Waals surface area (Å²) in [7, 11) is 0. The van der Waals surface area contributed by atoms with Crippen molar-refractivity contribution in [2.24, 2.45) is 0 Å². The lowest BCUT2D eigenvalue weighted by Crippen LogP contribution is -2.32. The smallest absolute Gasteiger partial charge is 0.146 e. The second-order valence-electron chi connectivity index (χ2n) is 8.90. The summed E-state index contributed by atoms with van der Waals surface area (Å²) in [5.41, 5.74) is 1.74. The van der Waals surface area contributed by atoms with E-state index in [1.807, 2.05) is 27.7 Å². The van der Waals surface area contributed by atoms with Crippen LogP contribution in [0.1, 0.15) is 45.2 Å². The Hall–Kier alpha value is -3.08. The molecule has 5 nitrogen and oxygen atoms in total. The molecule has 4 rings (SSSR count). The molecule has 2 heterocycles. The molecule has 1 aromatic heterocycles. The van der Waals surface area contributed by atoms with Crippen LogP contribution in [0.25, 0.3) is 22.3 Å². The highest BCUT2D eigenvalue weighted by Crippen LogP contribution is 2.47. The van der Waals surface area contributed by atoms with E-state index in [4.69, 9.17) is 9.15 Å². The highest BCUT2D eigenvalue weighted by molar-refractivity contribution is 5.93. The SMILES string of the molecule is C=CC(C)(C)c1c(O)cc(O)c2cc(-c3cc(O)cc4c3CCC(C)(C)O4)oc12. The summed E-state index contributed by atoms with van der Waals surface area (Å²) in [5, 5.41) is 31.7. The van der Waals surface area contributed by atoms with Crippen molar-refractivity contribution in [3.8, 4) is 34.3 Å². The van der Waals surface area contributed by atoms with E-state index in [0.717, 1.165) is 18.4 Å². The van der Waals surface area contributed by atoms with Crippen LogP contribution in [0, 0.1) is 0 Å². The first-order chi connectivity index (χ1) is 13.5. The van der Waals surface area contributed by atoms with E-state index >= 15 is 0 Å². The Morgan fingerprint density at radius 3 is 2.48 bits per heavy atom. The first-order valence-corrected chi connectivity index (χ1v) is 9.70. The number of fused-ring (bicyclic) bond motifs is 2. The standard InChI is InChI=1S/C24H26O5/c1-6-23(2,3)21-18(27)12-17(26)16-11-19(28-22(16)21)15-9-13(25)10-20-14(15)7-8-24(4,5)29-20/h6,9-12,25-27H,1,7-8H2,2-5H3. The van der Waals surface area contributed by atoms with Crippen molar-refractivity contribution in [3.05, 3.63) is 48.0 Å². The van der Waals surface area contributed by atoms with Crippen molar-refractivity contribution in [2.75, 3.05) is 0 Å². The van der Waals surface area contributed by atoms with Gasteiger partial charge in [-0.2, -0.15) is 0 Å². The molecular formula is C24H26O5. The number of aromatic hydroxyl groups is 3. The fraction of sp³-hybridized carbons (Fsp3) is 0.333. The Morgan fingerprint density at radius 2 is 1.79 bits per heavy atom. The fourth-order valence-electron chi connectivity index (χ4n) is 3.99. The normalized spacial score (nSPS) is 15.7. The first kappa shape index (κ1) is 19.2. The van der Waals surface area contributed by atoms with Gasteiger partial charge in [-0.1, -0.05) is 19.9 Å². The summed E-state index contributed by atoms with van der Waals surface area (Å²) in [5.74, 6) is 1.09. The highest BCUT2D eigenvalue weighted by Gasteiger charge is 2.31. The zero-order chi connectivity index (χ0) is 21.1. The van der Waals surface area contributed by atoms with Crippen LogP contribution in [0.5, 0.6) is 23.0 Å². The predicted molar refractivity (Wildman–Crippen MR) is 113 cm³/mol. The maximum absolute atomic E-state index is 10.5. The number of hydrogen-bond donors (Lipinski definition) is 3. The molecule has 152 valence electrons. The quantitative estimate of drug-likeness (QED) is 0.490. The van der Waals surface area contributed by atoms with Gasteiger partial charge < -0.3 is 24.5 Å². The van der Waals surface area contributed by atoms with E-state index < -0.39 is 5.41 Å². The molecule has 1 aliphatic rings. The number of benzene rings is 2. The van der Waals surface area contributed by atoms with Gasteiger partial charge in [0.15, 0.2) is 0 Å². The Bertz CT molecular complexity index is 1130. The third-order valence-corrected chi connectivity index (χ3v) is 5.74. The molecule has 0 bridgehead atoms. The molecule has 5 heteroatoms. The van der Waals surface area contributed by atoms with Gasteiger partial charge in [0.05, 0.1) is 5.39 Å². The van der Waals surface area contributed by atoms with Crippen molar-refractivity contribution < 1.29 is 24.5 Å². The Kier molecular flexibility index (Phi) is 4.12. The average molecular weight is 394 g/mol. The number of phenolic OH excluding ortho intramolecular Hbond substituents is 3. The van der Waals surface area contributed by atoms with E-state index in [9.17, 15) is 15.3 Å². The minimum absolute atomic E-state index is 0.0520. The molecule has 1 aliphatic heterocycles. The second-order valence-corrected chi connectivity index (χ2v) is 8.90. The van der Waals surface area contributed by atoms with Gasteiger partial charge in [-0.25, -0.2) is 0 Å². The van der Waals surface area contributed by atoms with E-state index in [-0.39, 0.29) is 22.8 Å². The number of furan rings is 1. The van der Waals surface area contributed by atoms with Crippen molar-refractivity contribution in [2.45, 2.75) is 51.6 Å². The summed E-state index contributed by atoms with van der Waals surface area (Å²) in [6.07, 6.45) is 3.34. The van der Waals surface area contributed by atoms with Crippen LogP contribution in [0.4, 0.5) is 0 Å². The van der Waals surface area contributed by atoms with Gasteiger partial charge in [0, 0.05) is 34.2 Å². The molecule has 0 saturated carbocycles. The molecule has 2 aromatic carbocycles. The van der Waals surface area contributed by atoms with Gasteiger partial charge in [-0.05, 0) is 38.8 Å². The molecule has 0 saturated heterocycles. The molecule has 0 aliphatic carbocycles. The second kappa shape index (κ2) is 6.21. The Balaban J connectivity index is 1.98. The number of ether oxygens (including phenoxy) is 1. The molecule has 0 spiro atoms. The van der Waals surface area contributed by atoms with E-state index in [2.05, 4.69) is 6.58 Å². The van der Waals surface area contributed by atoms with Crippen LogP contribution in [-0.4, -0.2) is 20.9 Å². The van der Waals surface area contributed by atoms with Crippen molar-refractivity contribution in [1.82, 2.24) is 0 Å². The van der Waals surface area contributed by atoms with E-state index in [1.165, 1.54) is 6.07 Å². The fourth-order valence-corrected chi connectivity index (χ4v) is 3.99. The molecule has 0 unspecified atom stereocenters. The summed E-state index contributed by atoms with van der Waals surface area (Å²) in [6, 6.07) is 6.33. The van der Waals surface area contributed by atoms with Crippen molar-refractivity contribution in [3.63, 3.8) is 0 Å². The van der Waals surface area contributed by atoms with Crippen LogP contribution in [0.2, 0.25) is 0 Å². The average Bonchev–Trinajstić information content (AvgIpc) is 3.04. The molecule has 0 radical (unpaired) electrons. The minimum Gasteiger partial charge on any atom is -0.508 e. The maximum Gasteiger partial charge on any atom is 0.146 e. The summed E-state index contributed by atoms with van der Waals surface area (Å²) in [4.78, 5) is 0. The van der Waals surface area contributed by atoms with Gasteiger partial charge in [-0.3, -0.25) is 0 Å². The Morgan fingerprint density at radius 1 is 1.07 bits per heavy atom. The highest BCUT2D eigenvalue weighted by atomic mass is 16.5. The minimum atomic E-state index is -0.573. The zero-order valence-corrected chi connectivity index (χ0v) is 17.2. The predicted octanol–water partition coefficient (Wildman–Crippen LogP) is 5.78. The lowest BCUT2D eigenvalue weighted by molar-refractivity contribution is 0.0845. The number of rotatable bonds is 3. The molecule has 29 heavy (non-hydrogen) atoms. The Labute approximate surface area is 169 Å². The first-order valence-electron chi connectivity index (χ1n) is 9.70. The van der Waals surface area contributed by atoms with Gasteiger partial charge in [-0.15, -0.1) is 6.58 Å². The van der Waals surface area contributed by atoms with Crippen LogP contribution in [0.15, 0.2) is 41.3 Å². The molecule has 0 fully saturated rings. The number of hydrogen-bond acceptors (Lipinski definition) is 5. The van der Waals surface area contributed by atoms with Crippen molar-refractivity contribution in [1.29, 1.82) is 0 Å². The maximum atomic E-state index is 10.5. The third-order valence-electron chi connectivity index (χ3n) is 5.74. The van der Waals surface area contributed by atoms with E-state index in [0.29, 0.717) is 33.6 Å². The van der Waals surface area contributed by atoms with Crippen LogP contribution in [-0.2, 0) is 11.8 Å². The summed E-state index contributed by atoms with van der Waals surface area (Å²) in [6.45, 7) is 11.7. The largest absolute Gasteiger partial charge is 0.508 e. The van der Waals surface area contributed by atoms with Gasteiger partial charge in [0.1, 0.15) is 39.9 Å². The lowest BCUT2D eigenvalue weighted by atomic mass is 9.83. The topological polar surface area (TPSA) is 83.1 Å². The van der Waals surface area contributed by atoms with Crippen LogP contribution < -0.4 is 4.74 Å². The molecule has 0 amide bonds. The molecule has 3 N–H and O–H groups in total. The zero-order valence-electron chi connectivity index (χ0n) is 17.2. The molecular weight excluding hydrogens is 368 g/mol. The monoisotopic (exact) mass is 394 g/mol. The van der Waals surface area contributed by atoms with Gasteiger partial charge in [0.2, 0.25) is 0 Å². The summed E-state index contributed by atoms with van der Waals surface area (Å²) < 4.78 is 12.2. The number of phenols is 3. The number of allylic oxidation sites excluding steroid dienone is 1. The van der Waals surface area contributed by atoms with E-state index in [1.54, 1.807) is 24.3 Å². The van der Waals surface area contributed by atoms with Crippen LogP contribution >= 0.6 is 0 Å². The summed E-state index contributed by atoms with van der Waals surface area (Å²) >= 11 is 0. The van der Waals surface area contributed by atoms with Crippen molar-refractivity contribution >= 4 is 11.0 Å². The lowest BCUT2D eigenvalue weighted by Gasteiger charge is -2.33. The molecule has 3 aromatic rings. The molecule has 0 atom stereocenters. The van der Waals surface area contributed by atoms with Gasteiger partial charge >= 0.3 is 0 Å². The van der Waals surface area contributed by atoms with Gasteiger partial charge in [0.25, 0.3) is 0 Å².